The van der Waals surface area contributed by atoms with Gasteiger partial charge in [-0.1, -0.05) is 17.4 Å². The van der Waals surface area contributed by atoms with E-state index >= 15 is 0 Å². The third-order valence-corrected chi connectivity index (χ3v) is 6.74. The van der Waals surface area contributed by atoms with Crippen molar-refractivity contribution in [2.24, 2.45) is 4.99 Å². The molecule has 1 aliphatic rings. The van der Waals surface area contributed by atoms with Crippen LogP contribution in [0, 0.1) is 0 Å². The molecule has 2 aromatic carbocycles. The zero-order valence-corrected chi connectivity index (χ0v) is 21.3. The molecule has 0 saturated heterocycles. The Labute approximate surface area is 211 Å². The summed E-state index contributed by atoms with van der Waals surface area (Å²) in [4.78, 5) is 31.8. The van der Waals surface area contributed by atoms with Crippen molar-refractivity contribution in [3.05, 3.63) is 78.5 Å². The predicted molar refractivity (Wildman–Crippen MR) is 135 cm³/mol. The highest BCUT2D eigenvalue weighted by molar-refractivity contribution is 7.07. The minimum absolute atomic E-state index is 0.00239. The molecule has 1 aromatic heterocycles. The van der Waals surface area contributed by atoms with E-state index in [2.05, 4.69) is 4.99 Å². The molecular formula is C26H26N2O7S. The minimum Gasteiger partial charge on any atom is -0.504 e. The average molecular weight is 511 g/mol. The molecule has 4 rings (SSSR count). The van der Waals surface area contributed by atoms with Crippen LogP contribution in [0.4, 0.5) is 0 Å². The van der Waals surface area contributed by atoms with Crippen LogP contribution in [0.1, 0.15) is 31.0 Å². The number of nitrogens with zero attached hydrogens (tertiary/aromatic N) is 2. The topological polar surface area (TPSA) is 109 Å². The quantitative estimate of drug-likeness (QED) is 0.487. The van der Waals surface area contributed by atoms with Crippen LogP contribution in [0.25, 0.3) is 6.08 Å². The maximum atomic E-state index is 13.7. The summed E-state index contributed by atoms with van der Waals surface area (Å²) < 4.78 is 23.3. The molecule has 0 saturated carbocycles. The highest BCUT2D eigenvalue weighted by Gasteiger charge is 2.35. The normalized spacial score (nSPS) is 15.2. The van der Waals surface area contributed by atoms with E-state index in [1.165, 1.54) is 36.2 Å². The van der Waals surface area contributed by atoms with Crippen molar-refractivity contribution in [1.82, 2.24) is 4.57 Å². The lowest BCUT2D eigenvalue weighted by Crippen LogP contribution is -2.40. The number of ether oxygens (including phenoxy) is 4. The number of carbonyl (C=O) groups is 1. The Hall–Kier alpha value is -4.05. The summed E-state index contributed by atoms with van der Waals surface area (Å²) in [5, 5.41) is 9.90. The van der Waals surface area contributed by atoms with Crippen molar-refractivity contribution in [3.63, 3.8) is 0 Å². The van der Waals surface area contributed by atoms with E-state index in [-0.39, 0.29) is 29.2 Å². The standard InChI is InChI=1S/C26H26N2O7S/c1-6-35-25(31)22-14(2)27-26-28(23(22)17-9-8-16(32-3)13-19(17)33-4)24(30)21(36-26)12-15-7-10-18(29)20(11-15)34-5/h7-13,23,29H,6H2,1-5H3. The van der Waals surface area contributed by atoms with Crippen LogP contribution in [-0.2, 0) is 9.53 Å². The maximum absolute atomic E-state index is 13.7. The van der Waals surface area contributed by atoms with Crippen molar-refractivity contribution < 1.29 is 28.8 Å². The lowest BCUT2D eigenvalue weighted by Gasteiger charge is -2.26. The summed E-state index contributed by atoms with van der Waals surface area (Å²) in [6.45, 7) is 3.62. The van der Waals surface area contributed by atoms with Crippen molar-refractivity contribution >= 4 is 23.4 Å². The number of allylic oxidation sites excluding steroid dienone is 1. The zero-order valence-electron chi connectivity index (χ0n) is 20.5. The van der Waals surface area contributed by atoms with Crippen LogP contribution in [0.15, 0.2) is 57.5 Å². The van der Waals surface area contributed by atoms with E-state index in [9.17, 15) is 14.7 Å². The number of aromatic hydroxyl groups is 1. The largest absolute Gasteiger partial charge is 0.504 e. The number of fused-ring (bicyclic) bond motifs is 1. The highest BCUT2D eigenvalue weighted by atomic mass is 32.1. The maximum Gasteiger partial charge on any atom is 0.338 e. The molecule has 2 heterocycles. The Kier molecular flexibility index (Phi) is 7.16. The van der Waals surface area contributed by atoms with E-state index in [0.717, 1.165) is 0 Å². The van der Waals surface area contributed by atoms with E-state index in [1.807, 2.05) is 0 Å². The van der Waals surface area contributed by atoms with E-state index in [1.54, 1.807) is 57.4 Å². The van der Waals surface area contributed by atoms with Crippen LogP contribution in [0.5, 0.6) is 23.0 Å². The number of methoxy groups -OCH3 is 3. The molecule has 0 spiro atoms. The summed E-state index contributed by atoms with van der Waals surface area (Å²) in [5.74, 6) is 0.755. The van der Waals surface area contributed by atoms with Gasteiger partial charge in [0.25, 0.3) is 5.56 Å². The third-order valence-electron chi connectivity index (χ3n) is 5.75. The van der Waals surface area contributed by atoms with Crippen molar-refractivity contribution in [2.45, 2.75) is 19.9 Å². The Balaban J connectivity index is 1.98. The molecule has 36 heavy (non-hydrogen) atoms. The second-order valence-electron chi connectivity index (χ2n) is 7.84. The SMILES string of the molecule is CCOC(=O)C1=C(C)N=c2sc(=Cc3ccc(O)c(OC)c3)c(=O)n2C1c1ccc(OC)cc1OC. The van der Waals surface area contributed by atoms with Crippen LogP contribution in [0.2, 0.25) is 0 Å². The van der Waals surface area contributed by atoms with Gasteiger partial charge in [-0.15, -0.1) is 0 Å². The fourth-order valence-electron chi connectivity index (χ4n) is 4.07. The van der Waals surface area contributed by atoms with Gasteiger partial charge in [-0.05, 0) is 49.8 Å². The first-order valence-electron chi connectivity index (χ1n) is 11.1. The summed E-state index contributed by atoms with van der Waals surface area (Å²) in [5.41, 5.74) is 1.63. The Morgan fingerprint density at radius 1 is 1.11 bits per heavy atom. The number of phenols is 1. The first-order chi connectivity index (χ1) is 17.3. The number of aromatic nitrogens is 1. The van der Waals surface area contributed by atoms with Gasteiger partial charge in [0.05, 0.1) is 43.7 Å². The molecule has 0 aliphatic carbocycles. The average Bonchev–Trinajstić information content (AvgIpc) is 3.18. The number of thiazole rings is 1. The summed E-state index contributed by atoms with van der Waals surface area (Å²) in [7, 11) is 4.51. The molecule has 0 radical (unpaired) electrons. The van der Waals surface area contributed by atoms with Gasteiger partial charge < -0.3 is 24.1 Å². The van der Waals surface area contributed by atoms with Crippen LogP contribution in [0.3, 0.4) is 0 Å². The van der Waals surface area contributed by atoms with Gasteiger partial charge in [0.2, 0.25) is 0 Å². The third kappa shape index (κ3) is 4.47. The number of rotatable bonds is 7. The molecule has 0 bridgehead atoms. The molecule has 1 atom stereocenters. The van der Waals surface area contributed by atoms with Crippen molar-refractivity contribution in [2.75, 3.05) is 27.9 Å². The molecular weight excluding hydrogens is 484 g/mol. The van der Waals surface area contributed by atoms with Gasteiger partial charge in [0, 0.05) is 11.6 Å². The van der Waals surface area contributed by atoms with Crippen LogP contribution < -0.4 is 29.1 Å². The Morgan fingerprint density at radius 3 is 2.53 bits per heavy atom. The van der Waals surface area contributed by atoms with Gasteiger partial charge >= 0.3 is 5.97 Å². The predicted octanol–water partition coefficient (Wildman–Crippen LogP) is 2.53. The number of benzene rings is 2. The zero-order chi connectivity index (χ0) is 26.0. The van der Waals surface area contributed by atoms with E-state index < -0.39 is 12.0 Å². The Morgan fingerprint density at radius 2 is 1.86 bits per heavy atom. The molecule has 1 N–H and O–H groups in total. The molecule has 0 fully saturated rings. The van der Waals surface area contributed by atoms with E-state index in [4.69, 9.17) is 18.9 Å². The number of hydrogen-bond donors (Lipinski definition) is 1. The second-order valence-corrected chi connectivity index (χ2v) is 8.85. The number of hydrogen-bond acceptors (Lipinski definition) is 9. The first-order valence-corrected chi connectivity index (χ1v) is 11.9. The van der Waals surface area contributed by atoms with Gasteiger partial charge in [0.15, 0.2) is 16.3 Å². The van der Waals surface area contributed by atoms with Crippen molar-refractivity contribution in [1.29, 1.82) is 0 Å². The highest BCUT2D eigenvalue weighted by Crippen LogP contribution is 2.37. The van der Waals surface area contributed by atoms with Gasteiger partial charge in [-0.3, -0.25) is 9.36 Å². The molecule has 3 aromatic rings. The monoisotopic (exact) mass is 510 g/mol. The smallest absolute Gasteiger partial charge is 0.338 e. The van der Waals surface area contributed by atoms with Crippen LogP contribution >= 0.6 is 11.3 Å². The molecule has 1 aliphatic heterocycles. The summed E-state index contributed by atoms with van der Waals surface area (Å²) >= 11 is 1.20. The lowest BCUT2D eigenvalue weighted by molar-refractivity contribution is -0.139. The lowest BCUT2D eigenvalue weighted by atomic mass is 9.95. The fraction of sp³-hybridized carbons (Fsp3) is 0.269. The van der Waals surface area contributed by atoms with Gasteiger partial charge in [-0.2, -0.15) is 0 Å². The van der Waals surface area contributed by atoms with Gasteiger partial charge in [-0.25, -0.2) is 9.79 Å². The van der Waals surface area contributed by atoms with Crippen molar-refractivity contribution in [3.8, 4) is 23.0 Å². The Bertz CT molecular complexity index is 1530. The number of phenolic OH excluding ortho intramolecular Hbond substituents is 1. The molecule has 10 heteroatoms. The number of carbonyl (C=O) groups excluding carboxylic acids is 1. The molecule has 1 unspecified atom stereocenters. The number of esters is 1. The van der Waals surface area contributed by atoms with Crippen LogP contribution in [-0.4, -0.2) is 43.6 Å². The minimum atomic E-state index is -0.822. The van der Waals surface area contributed by atoms with Gasteiger partial charge in [0.1, 0.15) is 17.5 Å². The molecule has 188 valence electrons. The second kappa shape index (κ2) is 10.3. The molecule has 0 amide bonds. The summed E-state index contributed by atoms with van der Waals surface area (Å²) in [6.07, 6.45) is 1.69. The summed E-state index contributed by atoms with van der Waals surface area (Å²) in [6, 6.07) is 9.19. The fourth-order valence-corrected chi connectivity index (χ4v) is 5.11. The molecule has 9 nitrogen and oxygen atoms in total. The van der Waals surface area contributed by atoms with E-state index in [0.29, 0.717) is 37.7 Å². The first kappa shape index (κ1) is 25.1.